The number of amides is 1. The average Bonchev–Trinajstić information content (AvgIpc) is 2.42. The van der Waals surface area contributed by atoms with E-state index in [0.717, 1.165) is 25.4 Å². The van der Waals surface area contributed by atoms with Crippen molar-refractivity contribution in [2.24, 2.45) is 11.8 Å². The van der Waals surface area contributed by atoms with Crippen LogP contribution < -0.4 is 0 Å². The molecule has 2 unspecified atom stereocenters. The molecular formula is C14H23NO3S. The molecule has 2 atom stereocenters. The summed E-state index contributed by atoms with van der Waals surface area (Å²) in [6.07, 6.45) is 7.19. The Labute approximate surface area is 118 Å². The molecule has 0 aromatic heterocycles. The molecule has 1 aliphatic carbocycles. The van der Waals surface area contributed by atoms with Crippen LogP contribution in [0.2, 0.25) is 0 Å². The second-order valence-corrected chi connectivity index (χ2v) is 6.70. The van der Waals surface area contributed by atoms with Gasteiger partial charge in [-0.3, -0.25) is 9.59 Å². The lowest BCUT2D eigenvalue weighted by Gasteiger charge is -2.41. The Hall–Kier alpha value is -0.710. The minimum absolute atomic E-state index is 0.148. The Morgan fingerprint density at radius 2 is 1.89 bits per heavy atom. The monoisotopic (exact) mass is 285 g/mol. The maximum Gasteiger partial charge on any atom is 0.303 e. The fraction of sp³-hybridized carbons (Fsp3) is 0.857. The van der Waals surface area contributed by atoms with Gasteiger partial charge in [-0.15, -0.1) is 0 Å². The van der Waals surface area contributed by atoms with Crippen molar-refractivity contribution in [1.29, 1.82) is 0 Å². The summed E-state index contributed by atoms with van der Waals surface area (Å²) in [6.45, 7) is 1.82. The van der Waals surface area contributed by atoms with Crippen molar-refractivity contribution in [3.63, 3.8) is 0 Å². The van der Waals surface area contributed by atoms with Crippen LogP contribution in [0.5, 0.6) is 0 Å². The normalized spacial score (nSPS) is 26.8. The molecule has 1 aliphatic heterocycles. The first kappa shape index (κ1) is 14.7. The highest BCUT2D eigenvalue weighted by atomic mass is 32.2. The number of hydrogen-bond donors (Lipinski definition) is 1. The largest absolute Gasteiger partial charge is 0.481 e. The van der Waals surface area contributed by atoms with Crippen molar-refractivity contribution < 1.29 is 14.7 Å². The molecular weight excluding hydrogens is 262 g/mol. The van der Waals surface area contributed by atoms with E-state index in [9.17, 15) is 9.59 Å². The Morgan fingerprint density at radius 3 is 2.63 bits per heavy atom. The Balaban J connectivity index is 1.69. The number of rotatable bonds is 4. The van der Waals surface area contributed by atoms with E-state index in [0.29, 0.717) is 18.1 Å². The number of likely N-dealkylation sites (tertiary alicyclic amines) is 1. The average molecular weight is 285 g/mol. The number of carboxylic acids is 1. The third-order valence-corrected chi connectivity index (χ3v) is 5.31. The van der Waals surface area contributed by atoms with E-state index in [2.05, 4.69) is 0 Å². The van der Waals surface area contributed by atoms with E-state index in [1.54, 1.807) is 0 Å². The molecule has 2 fully saturated rings. The number of thioether (sulfide) groups is 1. The van der Waals surface area contributed by atoms with Crippen LogP contribution >= 0.6 is 11.8 Å². The SMILES string of the molecule is O=C(O)CCCSC(=O)N1CCC2CCCCC2C1. The minimum Gasteiger partial charge on any atom is -0.481 e. The smallest absolute Gasteiger partial charge is 0.303 e. The third kappa shape index (κ3) is 4.41. The molecule has 0 spiro atoms. The second kappa shape index (κ2) is 7.17. The molecule has 0 aromatic carbocycles. The van der Waals surface area contributed by atoms with Crippen molar-refractivity contribution in [3.05, 3.63) is 0 Å². The molecule has 2 rings (SSSR count). The Kier molecular flexibility index (Phi) is 5.55. The summed E-state index contributed by atoms with van der Waals surface area (Å²) in [7, 11) is 0. The number of fused-ring (bicyclic) bond motifs is 1. The highest BCUT2D eigenvalue weighted by molar-refractivity contribution is 8.13. The van der Waals surface area contributed by atoms with Gasteiger partial charge in [-0.25, -0.2) is 0 Å². The van der Waals surface area contributed by atoms with E-state index in [4.69, 9.17) is 5.11 Å². The topological polar surface area (TPSA) is 57.6 Å². The van der Waals surface area contributed by atoms with Crippen LogP contribution in [-0.4, -0.2) is 40.1 Å². The number of aliphatic carboxylic acids is 1. The van der Waals surface area contributed by atoms with Gasteiger partial charge in [-0.05, 0) is 31.1 Å². The molecule has 0 bridgehead atoms. The van der Waals surface area contributed by atoms with Gasteiger partial charge in [0, 0.05) is 25.3 Å². The van der Waals surface area contributed by atoms with Gasteiger partial charge in [0.05, 0.1) is 0 Å². The van der Waals surface area contributed by atoms with Gasteiger partial charge >= 0.3 is 5.97 Å². The van der Waals surface area contributed by atoms with E-state index in [1.165, 1.54) is 37.4 Å². The highest BCUT2D eigenvalue weighted by Gasteiger charge is 2.32. The third-order valence-electron chi connectivity index (χ3n) is 4.31. The maximum atomic E-state index is 12.1. The lowest BCUT2D eigenvalue weighted by atomic mass is 9.75. The summed E-state index contributed by atoms with van der Waals surface area (Å²) in [5, 5.41) is 8.70. The summed E-state index contributed by atoms with van der Waals surface area (Å²) in [4.78, 5) is 24.4. The number of piperidine rings is 1. The molecule has 2 aliphatic rings. The van der Waals surface area contributed by atoms with Crippen LogP contribution in [0.4, 0.5) is 4.79 Å². The molecule has 108 valence electrons. The predicted molar refractivity (Wildman–Crippen MR) is 76.4 cm³/mol. The summed E-state index contributed by atoms with van der Waals surface area (Å²) in [6, 6.07) is 0. The highest BCUT2D eigenvalue weighted by Crippen LogP contribution is 2.36. The molecule has 1 N–H and O–H groups in total. The molecule has 5 heteroatoms. The molecule has 4 nitrogen and oxygen atoms in total. The van der Waals surface area contributed by atoms with Crippen LogP contribution in [0.25, 0.3) is 0 Å². The number of hydrogen-bond acceptors (Lipinski definition) is 3. The molecule has 1 saturated carbocycles. The zero-order valence-corrected chi connectivity index (χ0v) is 12.2. The molecule has 0 radical (unpaired) electrons. The molecule has 1 saturated heterocycles. The maximum absolute atomic E-state index is 12.1. The summed E-state index contributed by atoms with van der Waals surface area (Å²) >= 11 is 1.29. The van der Waals surface area contributed by atoms with Crippen LogP contribution in [-0.2, 0) is 4.79 Å². The zero-order chi connectivity index (χ0) is 13.7. The van der Waals surface area contributed by atoms with Crippen LogP contribution in [0.15, 0.2) is 0 Å². The van der Waals surface area contributed by atoms with Gasteiger partial charge in [-0.1, -0.05) is 31.0 Å². The van der Waals surface area contributed by atoms with Gasteiger partial charge in [-0.2, -0.15) is 0 Å². The number of carbonyl (C=O) groups excluding carboxylic acids is 1. The fourth-order valence-electron chi connectivity index (χ4n) is 3.24. The fourth-order valence-corrected chi connectivity index (χ4v) is 4.05. The first-order valence-electron chi connectivity index (χ1n) is 7.30. The molecule has 1 amide bonds. The number of carboxylic acid groups (broad SMARTS) is 1. The van der Waals surface area contributed by atoms with Gasteiger partial charge in [0.15, 0.2) is 0 Å². The van der Waals surface area contributed by atoms with Crippen molar-refractivity contribution in [2.75, 3.05) is 18.8 Å². The van der Waals surface area contributed by atoms with Crippen LogP contribution in [0.3, 0.4) is 0 Å². The molecule has 1 heterocycles. The second-order valence-electron chi connectivity index (χ2n) is 5.65. The van der Waals surface area contributed by atoms with Gasteiger partial charge in [0.2, 0.25) is 0 Å². The van der Waals surface area contributed by atoms with Crippen LogP contribution in [0, 0.1) is 11.8 Å². The molecule has 0 aromatic rings. The summed E-state index contributed by atoms with van der Waals surface area (Å²) in [5.74, 6) is 1.40. The number of carbonyl (C=O) groups is 2. The van der Waals surface area contributed by atoms with E-state index >= 15 is 0 Å². The van der Waals surface area contributed by atoms with Crippen LogP contribution in [0.1, 0.15) is 44.9 Å². The van der Waals surface area contributed by atoms with Crippen molar-refractivity contribution >= 4 is 23.0 Å². The lowest BCUT2D eigenvalue weighted by molar-refractivity contribution is -0.137. The minimum atomic E-state index is -0.781. The lowest BCUT2D eigenvalue weighted by Crippen LogP contribution is -2.43. The Bertz CT molecular complexity index is 335. The first-order valence-corrected chi connectivity index (χ1v) is 8.29. The molecule has 19 heavy (non-hydrogen) atoms. The van der Waals surface area contributed by atoms with Gasteiger partial charge < -0.3 is 10.0 Å². The van der Waals surface area contributed by atoms with Gasteiger partial charge in [0.1, 0.15) is 0 Å². The quantitative estimate of drug-likeness (QED) is 0.806. The van der Waals surface area contributed by atoms with E-state index < -0.39 is 5.97 Å². The zero-order valence-electron chi connectivity index (χ0n) is 11.3. The predicted octanol–water partition coefficient (Wildman–Crippen LogP) is 3.22. The standard InChI is InChI=1S/C14H23NO3S/c16-13(17)6-3-9-19-14(18)15-8-7-11-4-1-2-5-12(11)10-15/h11-12H,1-10H2,(H,16,17). The van der Waals surface area contributed by atoms with Crippen molar-refractivity contribution in [1.82, 2.24) is 4.90 Å². The first-order chi connectivity index (χ1) is 9.16. The Morgan fingerprint density at radius 1 is 1.16 bits per heavy atom. The summed E-state index contributed by atoms with van der Waals surface area (Å²) in [5.41, 5.74) is 0. The van der Waals surface area contributed by atoms with E-state index in [1.807, 2.05) is 4.90 Å². The number of nitrogens with zero attached hydrogens (tertiary/aromatic N) is 1. The van der Waals surface area contributed by atoms with Gasteiger partial charge in [0.25, 0.3) is 5.24 Å². The van der Waals surface area contributed by atoms with E-state index in [-0.39, 0.29) is 11.7 Å². The summed E-state index contributed by atoms with van der Waals surface area (Å²) < 4.78 is 0. The van der Waals surface area contributed by atoms with Crippen molar-refractivity contribution in [3.8, 4) is 0 Å². The van der Waals surface area contributed by atoms with Crippen molar-refractivity contribution in [2.45, 2.75) is 44.9 Å².